The van der Waals surface area contributed by atoms with Crippen LogP contribution in [-0.2, 0) is 0 Å². The van der Waals surface area contributed by atoms with Crippen molar-refractivity contribution in [3.63, 3.8) is 0 Å². The maximum absolute atomic E-state index is 12.6. The van der Waals surface area contributed by atoms with Crippen LogP contribution >= 0.6 is 11.3 Å². The van der Waals surface area contributed by atoms with Gasteiger partial charge in [-0.25, -0.2) is 0 Å². The first-order valence-electron chi connectivity index (χ1n) is 8.68. The van der Waals surface area contributed by atoms with Crippen LogP contribution in [0.25, 0.3) is 32.4 Å². The molecule has 1 aliphatic rings. The zero-order valence-corrected chi connectivity index (χ0v) is 14.6. The second-order valence-electron chi connectivity index (χ2n) is 6.57. The maximum Gasteiger partial charge on any atom is 0.204 e. The first kappa shape index (κ1) is 14.8. The topological polar surface area (TPSA) is 49.2 Å². The summed E-state index contributed by atoms with van der Waals surface area (Å²) in [6, 6.07) is 12.0. The van der Waals surface area contributed by atoms with Gasteiger partial charge in [0.25, 0.3) is 0 Å². The molecule has 126 valence electrons. The van der Waals surface area contributed by atoms with Crippen molar-refractivity contribution in [1.82, 2.24) is 4.98 Å². The number of hydrogen-bond acceptors (Lipinski definition) is 4. The molecule has 0 atom stereocenters. The third kappa shape index (κ3) is 2.46. The summed E-state index contributed by atoms with van der Waals surface area (Å²) in [5.74, 6) is 0.702. The van der Waals surface area contributed by atoms with Crippen LogP contribution in [-0.4, -0.2) is 18.1 Å². The van der Waals surface area contributed by atoms with Gasteiger partial charge in [-0.05, 0) is 31.4 Å². The average molecular weight is 350 g/mol. The largest absolute Gasteiger partial charge is 0.439 e. The number of aromatic amines is 1. The molecule has 4 heterocycles. The minimum atomic E-state index is 0.0502. The van der Waals surface area contributed by atoms with E-state index >= 15 is 0 Å². The molecule has 5 rings (SSSR count). The lowest BCUT2D eigenvalue weighted by Gasteiger charge is -2.26. The normalized spacial score (nSPS) is 15.3. The highest BCUT2D eigenvalue weighted by molar-refractivity contribution is 7.17. The molecule has 0 amide bonds. The summed E-state index contributed by atoms with van der Waals surface area (Å²) in [4.78, 5) is 18.2. The zero-order valence-electron chi connectivity index (χ0n) is 13.7. The number of nitrogens with one attached hydrogen (secondary N) is 1. The van der Waals surface area contributed by atoms with Crippen molar-refractivity contribution < 1.29 is 4.42 Å². The highest BCUT2D eigenvalue weighted by atomic mass is 32.1. The lowest BCUT2D eigenvalue weighted by molar-refractivity contribution is 0.513. The Kier molecular flexibility index (Phi) is 3.41. The Bertz CT molecular complexity index is 1080. The van der Waals surface area contributed by atoms with Gasteiger partial charge in [-0.2, -0.15) is 0 Å². The van der Waals surface area contributed by atoms with Gasteiger partial charge < -0.3 is 14.3 Å². The molecule has 1 aliphatic heterocycles. The number of para-hydroxylation sites is 1. The number of rotatable bonds is 2. The van der Waals surface area contributed by atoms with Crippen molar-refractivity contribution in [3.05, 3.63) is 52.0 Å². The fourth-order valence-corrected chi connectivity index (χ4v) is 4.51. The molecule has 0 radical (unpaired) electrons. The molecule has 4 aromatic rings. The van der Waals surface area contributed by atoms with Gasteiger partial charge in [-0.1, -0.05) is 18.2 Å². The Morgan fingerprint density at radius 2 is 1.92 bits per heavy atom. The average Bonchev–Trinajstić information content (AvgIpc) is 3.26. The summed E-state index contributed by atoms with van der Waals surface area (Å²) in [6.07, 6.45) is 3.56. The number of aromatic nitrogens is 1. The molecule has 0 aliphatic carbocycles. The fourth-order valence-electron chi connectivity index (χ4n) is 3.60. The van der Waals surface area contributed by atoms with Crippen molar-refractivity contribution in [1.29, 1.82) is 0 Å². The van der Waals surface area contributed by atoms with Crippen molar-refractivity contribution >= 4 is 38.4 Å². The molecular formula is C20H18N2O2S. The SMILES string of the molecule is O=c1cc(N2CCCCC2)oc2c(-c3cc4ccccc4[nH]3)csc12. The van der Waals surface area contributed by atoms with E-state index in [0.29, 0.717) is 16.2 Å². The molecular weight excluding hydrogens is 332 g/mol. The van der Waals surface area contributed by atoms with E-state index in [4.69, 9.17) is 4.42 Å². The molecule has 4 nitrogen and oxygen atoms in total. The van der Waals surface area contributed by atoms with Gasteiger partial charge in [0, 0.05) is 35.4 Å². The van der Waals surface area contributed by atoms with Crippen molar-refractivity contribution in [2.24, 2.45) is 0 Å². The summed E-state index contributed by atoms with van der Waals surface area (Å²) >= 11 is 1.46. The summed E-state index contributed by atoms with van der Waals surface area (Å²) in [5, 5.41) is 3.17. The molecule has 3 aromatic heterocycles. The van der Waals surface area contributed by atoms with Crippen LogP contribution < -0.4 is 10.3 Å². The lowest BCUT2D eigenvalue weighted by atomic mass is 10.1. The lowest BCUT2D eigenvalue weighted by Crippen LogP contribution is -2.29. The number of anilines is 1. The number of H-pyrrole nitrogens is 1. The Morgan fingerprint density at radius 1 is 1.08 bits per heavy atom. The monoisotopic (exact) mass is 350 g/mol. The molecule has 1 aromatic carbocycles. The number of nitrogens with zero attached hydrogens (tertiary/aromatic N) is 1. The molecule has 0 bridgehead atoms. The van der Waals surface area contributed by atoms with Gasteiger partial charge in [0.1, 0.15) is 4.70 Å². The van der Waals surface area contributed by atoms with Crippen LogP contribution in [0.15, 0.2) is 51.0 Å². The Balaban J connectivity index is 1.68. The number of hydrogen-bond donors (Lipinski definition) is 1. The summed E-state index contributed by atoms with van der Waals surface area (Å²) in [6.45, 7) is 1.92. The predicted octanol–water partition coefficient (Wildman–Crippen LogP) is 4.99. The van der Waals surface area contributed by atoms with Crippen LogP contribution in [0.3, 0.4) is 0 Å². The van der Waals surface area contributed by atoms with Crippen LogP contribution in [0.1, 0.15) is 19.3 Å². The van der Waals surface area contributed by atoms with Crippen molar-refractivity contribution in [2.75, 3.05) is 18.0 Å². The van der Waals surface area contributed by atoms with Crippen LogP contribution in [0, 0.1) is 0 Å². The van der Waals surface area contributed by atoms with Crippen LogP contribution in [0.2, 0.25) is 0 Å². The van der Waals surface area contributed by atoms with E-state index in [2.05, 4.69) is 28.1 Å². The van der Waals surface area contributed by atoms with Crippen LogP contribution in [0.4, 0.5) is 5.88 Å². The maximum atomic E-state index is 12.6. The third-order valence-electron chi connectivity index (χ3n) is 4.92. The minimum Gasteiger partial charge on any atom is -0.439 e. The number of fused-ring (bicyclic) bond motifs is 2. The molecule has 1 saturated heterocycles. The second-order valence-corrected chi connectivity index (χ2v) is 7.45. The number of thiophene rings is 1. The minimum absolute atomic E-state index is 0.0502. The second kappa shape index (κ2) is 5.77. The van der Waals surface area contributed by atoms with E-state index in [0.717, 1.165) is 48.1 Å². The Hall–Kier alpha value is -2.53. The Labute approximate surface area is 148 Å². The van der Waals surface area contributed by atoms with Gasteiger partial charge in [-0.15, -0.1) is 11.3 Å². The predicted molar refractivity (Wildman–Crippen MR) is 104 cm³/mol. The van der Waals surface area contributed by atoms with Gasteiger partial charge in [0.2, 0.25) is 5.43 Å². The highest BCUT2D eigenvalue weighted by Crippen LogP contribution is 2.35. The molecule has 25 heavy (non-hydrogen) atoms. The van der Waals surface area contributed by atoms with E-state index in [1.54, 1.807) is 6.07 Å². The molecule has 0 spiro atoms. The molecule has 0 saturated carbocycles. The summed E-state index contributed by atoms with van der Waals surface area (Å²) in [7, 11) is 0. The van der Waals surface area contributed by atoms with Gasteiger partial charge in [0.05, 0.1) is 11.3 Å². The standard InChI is InChI=1S/C20H18N2O2S/c23-17-11-18(22-8-4-1-5-9-22)24-19-14(12-25-20(17)19)16-10-13-6-2-3-7-15(13)21-16/h2-3,6-7,10-12,21H,1,4-5,8-9H2. The summed E-state index contributed by atoms with van der Waals surface area (Å²) < 4.78 is 6.91. The Morgan fingerprint density at radius 3 is 2.76 bits per heavy atom. The highest BCUT2D eigenvalue weighted by Gasteiger charge is 2.19. The van der Waals surface area contributed by atoms with E-state index in [1.807, 2.05) is 17.5 Å². The third-order valence-corrected chi connectivity index (χ3v) is 5.89. The van der Waals surface area contributed by atoms with Crippen LogP contribution in [0.5, 0.6) is 0 Å². The molecule has 0 unspecified atom stereocenters. The first-order valence-corrected chi connectivity index (χ1v) is 9.56. The summed E-state index contributed by atoms with van der Waals surface area (Å²) in [5.41, 5.74) is 3.80. The van der Waals surface area contributed by atoms with Gasteiger partial charge >= 0.3 is 0 Å². The van der Waals surface area contributed by atoms with E-state index in [1.165, 1.54) is 17.8 Å². The molecule has 1 N–H and O–H groups in total. The van der Waals surface area contributed by atoms with Gasteiger partial charge in [0.15, 0.2) is 11.5 Å². The first-order chi connectivity index (χ1) is 12.3. The van der Waals surface area contributed by atoms with E-state index in [-0.39, 0.29) is 5.43 Å². The molecule has 1 fully saturated rings. The van der Waals surface area contributed by atoms with E-state index in [9.17, 15) is 4.79 Å². The van der Waals surface area contributed by atoms with Crippen molar-refractivity contribution in [3.8, 4) is 11.3 Å². The zero-order chi connectivity index (χ0) is 16.8. The van der Waals surface area contributed by atoms with E-state index < -0.39 is 0 Å². The number of benzene rings is 1. The molecule has 5 heteroatoms. The fraction of sp³-hybridized carbons (Fsp3) is 0.250. The van der Waals surface area contributed by atoms with Gasteiger partial charge in [-0.3, -0.25) is 4.79 Å². The quantitative estimate of drug-likeness (QED) is 0.554. The van der Waals surface area contributed by atoms with Crippen molar-refractivity contribution in [2.45, 2.75) is 19.3 Å². The smallest absolute Gasteiger partial charge is 0.204 e. The number of piperidine rings is 1.